The zero-order valence-corrected chi connectivity index (χ0v) is 11.0. The minimum absolute atomic E-state index is 0.189. The summed E-state index contributed by atoms with van der Waals surface area (Å²) in [7, 11) is 3.05. The highest BCUT2D eigenvalue weighted by Crippen LogP contribution is 2.30. The molecular formula is C13H20N2O3. The number of rotatable bonds is 6. The predicted molar refractivity (Wildman–Crippen MR) is 70.1 cm³/mol. The molecular weight excluding hydrogens is 232 g/mol. The van der Waals surface area contributed by atoms with Crippen LogP contribution in [0.4, 0.5) is 0 Å². The van der Waals surface area contributed by atoms with E-state index in [0.29, 0.717) is 30.2 Å². The van der Waals surface area contributed by atoms with Crippen molar-refractivity contribution < 1.29 is 14.3 Å². The van der Waals surface area contributed by atoms with Crippen LogP contribution in [0.5, 0.6) is 11.5 Å². The van der Waals surface area contributed by atoms with Gasteiger partial charge in [0.05, 0.1) is 19.8 Å². The average molecular weight is 252 g/mol. The topological polar surface area (TPSA) is 73.6 Å². The second kappa shape index (κ2) is 6.86. The van der Waals surface area contributed by atoms with Crippen molar-refractivity contribution in [2.45, 2.75) is 6.92 Å². The minimum atomic E-state index is -0.189. The summed E-state index contributed by atoms with van der Waals surface area (Å²) in [6.45, 7) is 3.05. The van der Waals surface area contributed by atoms with Crippen LogP contribution in [-0.2, 0) is 0 Å². The number of carbonyl (C=O) groups is 1. The summed E-state index contributed by atoms with van der Waals surface area (Å²) in [4.78, 5) is 12.0. The van der Waals surface area contributed by atoms with Crippen molar-refractivity contribution in [3.05, 3.63) is 23.8 Å². The van der Waals surface area contributed by atoms with E-state index in [1.165, 1.54) is 14.2 Å². The quantitative estimate of drug-likeness (QED) is 0.793. The first-order valence-corrected chi connectivity index (χ1v) is 5.83. The molecule has 0 radical (unpaired) electrons. The second-order valence-corrected chi connectivity index (χ2v) is 4.09. The Balaban J connectivity index is 2.85. The fraction of sp³-hybridized carbons (Fsp3) is 0.462. The molecule has 0 fully saturated rings. The summed E-state index contributed by atoms with van der Waals surface area (Å²) in [6.07, 6.45) is 0. The molecule has 0 saturated heterocycles. The van der Waals surface area contributed by atoms with Gasteiger partial charge in [-0.15, -0.1) is 0 Å². The average Bonchev–Trinajstić information content (AvgIpc) is 2.42. The number of para-hydroxylation sites is 1. The standard InChI is InChI=1S/C13H20N2O3/c1-9(7-14)8-15-13(16)10-5-4-6-11(17-2)12(10)18-3/h4-6,9H,7-8,14H2,1-3H3,(H,15,16). The van der Waals surface area contributed by atoms with Crippen molar-refractivity contribution in [3.63, 3.8) is 0 Å². The van der Waals surface area contributed by atoms with Gasteiger partial charge in [0, 0.05) is 6.54 Å². The lowest BCUT2D eigenvalue weighted by Gasteiger charge is -2.14. The van der Waals surface area contributed by atoms with Crippen molar-refractivity contribution in [2.24, 2.45) is 11.7 Å². The summed E-state index contributed by atoms with van der Waals surface area (Å²) in [5, 5.41) is 2.82. The van der Waals surface area contributed by atoms with E-state index in [1.807, 2.05) is 6.92 Å². The molecule has 0 saturated carbocycles. The molecule has 5 nitrogen and oxygen atoms in total. The Hall–Kier alpha value is -1.75. The molecule has 3 N–H and O–H groups in total. The smallest absolute Gasteiger partial charge is 0.255 e. The Morgan fingerprint density at radius 3 is 2.67 bits per heavy atom. The van der Waals surface area contributed by atoms with Crippen LogP contribution in [0, 0.1) is 5.92 Å². The fourth-order valence-electron chi connectivity index (χ4n) is 1.51. The first-order valence-electron chi connectivity index (χ1n) is 5.83. The lowest BCUT2D eigenvalue weighted by molar-refractivity contribution is 0.0945. The van der Waals surface area contributed by atoms with Gasteiger partial charge in [0.25, 0.3) is 5.91 Å². The van der Waals surface area contributed by atoms with Crippen LogP contribution < -0.4 is 20.5 Å². The highest BCUT2D eigenvalue weighted by molar-refractivity contribution is 5.97. The number of amides is 1. The van der Waals surface area contributed by atoms with Gasteiger partial charge in [-0.1, -0.05) is 13.0 Å². The maximum atomic E-state index is 12.0. The van der Waals surface area contributed by atoms with E-state index in [1.54, 1.807) is 18.2 Å². The van der Waals surface area contributed by atoms with E-state index in [2.05, 4.69) is 5.32 Å². The molecule has 1 aromatic carbocycles. The second-order valence-electron chi connectivity index (χ2n) is 4.09. The van der Waals surface area contributed by atoms with E-state index in [4.69, 9.17) is 15.2 Å². The number of nitrogens with one attached hydrogen (secondary N) is 1. The van der Waals surface area contributed by atoms with Gasteiger partial charge in [0.15, 0.2) is 11.5 Å². The zero-order valence-electron chi connectivity index (χ0n) is 11.0. The first-order chi connectivity index (χ1) is 8.63. The van der Waals surface area contributed by atoms with E-state index in [0.717, 1.165) is 0 Å². The van der Waals surface area contributed by atoms with Crippen LogP contribution >= 0.6 is 0 Å². The maximum Gasteiger partial charge on any atom is 0.255 e. The van der Waals surface area contributed by atoms with E-state index in [-0.39, 0.29) is 11.8 Å². The lowest BCUT2D eigenvalue weighted by atomic mass is 10.1. The Morgan fingerprint density at radius 1 is 1.39 bits per heavy atom. The molecule has 18 heavy (non-hydrogen) atoms. The van der Waals surface area contributed by atoms with Gasteiger partial charge < -0.3 is 20.5 Å². The molecule has 0 aromatic heterocycles. The number of hydrogen-bond donors (Lipinski definition) is 2. The number of benzene rings is 1. The highest BCUT2D eigenvalue weighted by atomic mass is 16.5. The predicted octanol–water partition coefficient (Wildman–Crippen LogP) is 1.03. The number of ether oxygens (including phenoxy) is 2. The number of methoxy groups -OCH3 is 2. The molecule has 1 amide bonds. The van der Waals surface area contributed by atoms with Crippen molar-refractivity contribution in [3.8, 4) is 11.5 Å². The molecule has 1 atom stereocenters. The SMILES string of the molecule is COc1cccc(C(=O)NCC(C)CN)c1OC. The molecule has 0 bridgehead atoms. The van der Waals surface area contributed by atoms with Crippen molar-refractivity contribution in [1.29, 1.82) is 0 Å². The van der Waals surface area contributed by atoms with Crippen LogP contribution in [0.2, 0.25) is 0 Å². The largest absolute Gasteiger partial charge is 0.493 e. The molecule has 0 heterocycles. The fourth-order valence-corrected chi connectivity index (χ4v) is 1.51. The molecule has 0 aliphatic heterocycles. The van der Waals surface area contributed by atoms with Gasteiger partial charge in [-0.2, -0.15) is 0 Å². The summed E-state index contributed by atoms with van der Waals surface area (Å²) in [5.41, 5.74) is 5.96. The minimum Gasteiger partial charge on any atom is -0.493 e. The van der Waals surface area contributed by atoms with Crippen LogP contribution in [0.3, 0.4) is 0 Å². The van der Waals surface area contributed by atoms with Crippen LogP contribution in [0.15, 0.2) is 18.2 Å². The maximum absolute atomic E-state index is 12.0. The van der Waals surface area contributed by atoms with Crippen LogP contribution in [-0.4, -0.2) is 33.2 Å². The first kappa shape index (κ1) is 14.3. The lowest BCUT2D eigenvalue weighted by Crippen LogP contribution is -2.31. The van der Waals surface area contributed by atoms with Crippen LogP contribution in [0.1, 0.15) is 17.3 Å². The van der Waals surface area contributed by atoms with E-state index in [9.17, 15) is 4.79 Å². The normalized spacial score (nSPS) is 11.8. The molecule has 0 aliphatic carbocycles. The van der Waals surface area contributed by atoms with Gasteiger partial charge in [-0.05, 0) is 24.6 Å². The summed E-state index contributed by atoms with van der Waals surface area (Å²) >= 11 is 0. The molecule has 1 aromatic rings. The third-order valence-electron chi connectivity index (χ3n) is 2.66. The molecule has 5 heteroatoms. The monoisotopic (exact) mass is 252 g/mol. The van der Waals surface area contributed by atoms with Crippen LogP contribution in [0.25, 0.3) is 0 Å². The Labute approximate surface area is 107 Å². The van der Waals surface area contributed by atoms with Gasteiger partial charge in [0.1, 0.15) is 0 Å². The summed E-state index contributed by atoms with van der Waals surface area (Å²) in [5.74, 6) is 1.03. The Morgan fingerprint density at radius 2 is 2.11 bits per heavy atom. The molecule has 100 valence electrons. The third kappa shape index (κ3) is 3.37. The number of hydrogen-bond acceptors (Lipinski definition) is 4. The van der Waals surface area contributed by atoms with Gasteiger partial charge in [0.2, 0.25) is 0 Å². The van der Waals surface area contributed by atoms with Crippen molar-refractivity contribution in [1.82, 2.24) is 5.32 Å². The Kier molecular flexibility index (Phi) is 5.45. The molecule has 0 spiro atoms. The zero-order chi connectivity index (χ0) is 13.5. The number of carbonyl (C=O) groups excluding carboxylic acids is 1. The van der Waals surface area contributed by atoms with E-state index >= 15 is 0 Å². The van der Waals surface area contributed by atoms with Gasteiger partial charge in [-0.3, -0.25) is 4.79 Å². The van der Waals surface area contributed by atoms with E-state index < -0.39 is 0 Å². The third-order valence-corrected chi connectivity index (χ3v) is 2.66. The Bertz CT molecular complexity index is 407. The summed E-state index contributed by atoms with van der Waals surface area (Å²) < 4.78 is 10.4. The molecule has 1 rings (SSSR count). The highest BCUT2D eigenvalue weighted by Gasteiger charge is 2.16. The van der Waals surface area contributed by atoms with Crippen molar-refractivity contribution in [2.75, 3.05) is 27.3 Å². The molecule has 1 unspecified atom stereocenters. The van der Waals surface area contributed by atoms with Gasteiger partial charge >= 0.3 is 0 Å². The molecule has 0 aliphatic rings. The summed E-state index contributed by atoms with van der Waals surface area (Å²) in [6, 6.07) is 5.20. The van der Waals surface area contributed by atoms with Crippen molar-refractivity contribution >= 4 is 5.91 Å². The van der Waals surface area contributed by atoms with Gasteiger partial charge in [-0.25, -0.2) is 0 Å². The number of nitrogens with two attached hydrogens (primary N) is 1.